The molecule has 1 unspecified atom stereocenters. The molecule has 0 aromatic heterocycles. The maximum absolute atomic E-state index is 13.0. The van der Waals surface area contributed by atoms with Crippen molar-refractivity contribution in [1.82, 2.24) is 15.5 Å². The summed E-state index contributed by atoms with van der Waals surface area (Å²) in [5.74, 6) is -1.48. The third kappa shape index (κ3) is 4.42. The molecule has 1 aliphatic heterocycles. The van der Waals surface area contributed by atoms with Crippen molar-refractivity contribution in [3.8, 4) is 0 Å². The van der Waals surface area contributed by atoms with Crippen LogP contribution < -0.4 is 16.0 Å². The fourth-order valence-electron chi connectivity index (χ4n) is 3.59. The zero-order chi connectivity index (χ0) is 22.6. The highest BCUT2D eigenvalue weighted by molar-refractivity contribution is 6.09. The first-order valence-electron chi connectivity index (χ1n) is 10.1. The van der Waals surface area contributed by atoms with E-state index in [1.54, 1.807) is 37.3 Å². The molecule has 31 heavy (non-hydrogen) atoms. The van der Waals surface area contributed by atoms with E-state index < -0.39 is 35.8 Å². The number of anilines is 1. The number of aryl methyl sites for hydroxylation is 1. The van der Waals surface area contributed by atoms with Crippen LogP contribution >= 0.6 is 0 Å². The summed E-state index contributed by atoms with van der Waals surface area (Å²) in [5.41, 5.74) is 2.12. The highest BCUT2D eigenvalue weighted by Gasteiger charge is 2.51. The molecule has 3 N–H and O–H groups in total. The van der Waals surface area contributed by atoms with Crippen molar-refractivity contribution >= 4 is 29.4 Å². The average Bonchev–Trinajstić information content (AvgIpc) is 3.01. The second kappa shape index (κ2) is 8.99. The third-order valence-corrected chi connectivity index (χ3v) is 5.60. The number of benzene rings is 2. The third-order valence-electron chi connectivity index (χ3n) is 5.60. The normalized spacial score (nSPS) is 18.0. The summed E-state index contributed by atoms with van der Waals surface area (Å²) < 4.78 is 0. The number of hydrogen-bond acceptors (Lipinski definition) is 4. The number of carbonyl (C=O) groups excluding carboxylic acids is 4. The molecular weight excluding hydrogens is 396 g/mol. The smallest absolute Gasteiger partial charge is 0.325 e. The molecule has 0 bridgehead atoms. The summed E-state index contributed by atoms with van der Waals surface area (Å²) in [6.45, 7) is 4.90. The molecule has 1 heterocycles. The lowest BCUT2D eigenvalue weighted by Crippen LogP contribution is -2.45. The summed E-state index contributed by atoms with van der Waals surface area (Å²) in [6.07, 6.45) is 0.345. The Morgan fingerprint density at radius 1 is 1.00 bits per heavy atom. The molecule has 0 aliphatic carbocycles. The zero-order valence-corrected chi connectivity index (χ0v) is 17.8. The van der Waals surface area contributed by atoms with Gasteiger partial charge in [-0.2, -0.15) is 0 Å². The highest BCUT2D eigenvalue weighted by atomic mass is 16.2. The number of hydrogen-bond donors (Lipinski definition) is 3. The van der Waals surface area contributed by atoms with E-state index in [0.29, 0.717) is 17.7 Å². The van der Waals surface area contributed by atoms with Crippen molar-refractivity contribution in [2.24, 2.45) is 0 Å². The standard InChI is InChI=1S/C23H26N4O4/c1-4-23(17-10-6-5-7-11-17)21(30)27(22(31)26-23)14-20(29)24-13-19(28)25-18-12-8-9-15(2)16(18)3/h5-12H,4,13-14H2,1-3H3,(H,24,29)(H,25,28)(H,26,31). The van der Waals surface area contributed by atoms with Crippen molar-refractivity contribution in [3.05, 3.63) is 65.2 Å². The lowest BCUT2D eigenvalue weighted by Gasteiger charge is -2.25. The number of urea groups is 1. The van der Waals surface area contributed by atoms with Gasteiger partial charge in [0.2, 0.25) is 11.8 Å². The number of nitrogens with one attached hydrogen (secondary N) is 3. The SMILES string of the molecule is CCC1(c2ccccc2)NC(=O)N(CC(=O)NCC(=O)Nc2cccc(C)c2C)C1=O. The minimum atomic E-state index is -1.20. The maximum atomic E-state index is 13.0. The number of nitrogens with zero attached hydrogens (tertiary/aromatic N) is 1. The highest BCUT2D eigenvalue weighted by Crippen LogP contribution is 2.32. The van der Waals surface area contributed by atoms with Crippen LogP contribution in [0, 0.1) is 13.8 Å². The van der Waals surface area contributed by atoms with Crippen LogP contribution in [0.15, 0.2) is 48.5 Å². The van der Waals surface area contributed by atoms with Gasteiger partial charge in [-0.15, -0.1) is 0 Å². The van der Waals surface area contributed by atoms with Crippen molar-refractivity contribution in [1.29, 1.82) is 0 Å². The van der Waals surface area contributed by atoms with Crippen LogP contribution in [0.25, 0.3) is 0 Å². The monoisotopic (exact) mass is 422 g/mol. The van der Waals surface area contributed by atoms with E-state index in [4.69, 9.17) is 0 Å². The lowest BCUT2D eigenvalue weighted by atomic mass is 9.87. The molecule has 1 atom stereocenters. The molecule has 0 radical (unpaired) electrons. The Labute approximate surface area is 181 Å². The summed E-state index contributed by atoms with van der Waals surface area (Å²) in [5, 5.41) is 7.94. The molecule has 8 heteroatoms. The Kier molecular flexibility index (Phi) is 6.39. The van der Waals surface area contributed by atoms with E-state index in [1.807, 2.05) is 32.0 Å². The van der Waals surface area contributed by atoms with Gasteiger partial charge in [-0.1, -0.05) is 49.4 Å². The van der Waals surface area contributed by atoms with E-state index in [2.05, 4.69) is 16.0 Å². The topological polar surface area (TPSA) is 108 Å². The molecular formula is C23H26N4O4. The molecule has 1 saturated heterocycles. The van der Waals surface area contributed by atoms with Crippen LogP contribution in [-0.2, 0) is 19.9 Å². The lowest BCUT2D eigenvalue weighted by molar-refractivity contribution is -0.135. The van der Waals surface area contributed by atoms with Crippen LogP contribution in [0.5, 0.6) is 0 Å². The van der Waals surface area contributed by atoms with Crippen molar-refractivity contribution < 1.29 is 19.2 Å². The second-order valence-electron chi connectivity index (χ2n) is 7.52. The minimum Gasteiger partial charge on any atom is -0.345 e. The molecule has 1 aliphatic rings. The van der Waals surface area contributed by atoms with E-state index in [-0.39, 0.29) is 6.54 Å². The predicted octanol–water partition coefficient (Wildman–Crippen LogP) is 2.22. The maximum Gasteiger partial charge on any atom is 0.325 e. The Morgan fingerprint density at radius 3 is 2.39 bits per heavy atom. The fourth-order valence-corrected chi connectivity index (χ4v) is 3.59. The summed E-state index contributed by atoms with van der Waals surface area (Å²) >= 11 is 0. The van der Waals surface area contributed by atoms with Crippen LogP contribution in [0.3, 0.4) is 0 Å². The van der Waals surface area contributed by atoms with Gasteiger partial charge in [0.25, 0.3) is 5.91 Å². The van der Waals surface area contributed by atoms with Gasteiger partial charge in [0.15, 0.2) is 0 Å². The first kappa shape index (κ1) is 22.0. The van der Waals surface area contributed by atoms with Crippen LogP contribution in [0.2, 0.25) is 0 Å². The first-order chi connectivity index (χ1) is 14.8. The minimum absolute atomic E-state index is 0.270. The fraction of sp³-hybridized carbons (Fsp3) is 0.304. The van der Waals surface area contributed by atoms with Gasteiger partial charge >= 0.3 is 6.03 Å². The molecule has 162 valence electrons. The van der Waals surface area contributed by atoms with E-state index >= 15 is 0 Å². The van der Waals surface area contributed by atoms with Crippen LogP contribution in [0.4, 0.5) is 10.5 Å². The molecule has 3 rings (SSSR count). The summed E-state index contributed by atoms with van der Waals surface area (Å²) in [4.78, 5) is 50.9. The number of carbonyl (C=O) groups is 4. The Hall–Kier alpha value is -3.68. The molecule has 8 nitrogen and oxygen atoms in total. The van der Waals surface area contributed by atoms with Crippen LogP contribution in [-0.4, -0.2) is 41.7 Å². The van der Waals surface area contributed by atoms with E-state index in [1.165, 1.54) is 0 Å². The number of imide groups is 1. The Bertz CT molecular complexity index is 1020. The van der Waals surface area contributed by atoms with Gasteiger partial charge in [0.1, 0.15) is 12.1 Å². The predicted molar refractivity (Wildman–Crippen MR) is 116 cm³/mol. The van der Waals surface area contributed by atoms with Gasteiger partial charge in [0, 0.05) is 5.69 Å². The molecule has 5 amide bonds. The Balaban J connectivity index is 1.60. The average molecular weight is 422 g/mol. The van der Waals surface area contributed by atoms with Crippen molar-refractivity contribution in [2.75, 3.05) is 18.4 Å². The second-order valence-corrected chi connectivity index (χ2v) is 7.52. The molecule has 2 aromatic rings. The van der Waals surface area contributed by atoms with Gasteiger partial charge in [0.05, 0.1) is 6.54 Å². The Morgan fingerprint density at radius 2 is 1.71 bits per heavy atom. The first-order valence-corrected chi connectivity index (χ1v) is 10.1. The summed E-state index contributed by atoms with van der Waals surface area (Å²) in [6, 6.07) is 13.9. The largest absolute Gasteiger partial charge is 0.345 e. The van der Waals surface area contributed by atoms with E-state index in [0.717, 1.165) is 16.0 Å². The quantitative estimate of drug-likeness (QED) is 0.595. The van der Waals surface area contributed by atoms with Crippen LogP contribution in [0.1, 0.15) is 30.0 Å². The van der Waals surface area contributed by atoms with Gasteiger partial charge in [-0.3, -0.25) is 19.3 Å². The molecule has 0 spiro atoms. The van der Waals surface area contributed by atoms with Gasteiger partial charge in [-0.25, -0.2) is 4.79 Å². The van der Waals surface area contributed by atoms with E-state index in [9.17, 15) is 19.2 Å². The molecule has 1 fully saturated rings. The molecule has 0 saturated carbocycles. The summed E-state index contributed by atoms with van der Waals surface area (Å²) in [7, 11) is 0. The zero-order valence-electron chi connectivity index (χ0n) is 17.8. The number of amides is 5. The molecule has 2 aromatic carbocycles. The van der Waals surface area contributed by atoms with Crippen molar-refractivity contribution in [3.63, 3.8) is 0 Å². The number of rotatable bonds is 7. The van der Waals surface area contributed by atoms with Crippen molar-refractivity contribution in [2.45, 2.75) is 32.7 Å². The van der Waals surface area contributed by atoms with Gasteiger partial charge in [-0.05, 0) is 43.0 Å². The van der Waals surface area contributed by atoms with Gasteiger partial charge < -0.3 is 16.0 Å².